The Kier molecular flexibility index (Phi) is 4.29. The molecule has 1 aliphatic rings. The lowest BCUT2D eigenvalue weighted by Gasteiger charge is -2.06. The average molecular weight is 242 g/mol. The molecule has 0 aliphatic carbocycles. The van der Waals surface area contributed by atoms with Gasteiger partial charge in [0, 0.05) is 25.6 Å². The van der Waals surface area contributed by atoms with E-state index in [0.29, 0.717) is 18.8 Å². The van der Waals surface area contributed by atoms with E-state index in [1.54, 1.807) is 18.4 Å². The van der Waals surface area contributed by atoms with E-state index in [-0.39, 0.29) is 0 Å². The van der Waals surface area contributed by atoms with Crippen molar-refractivity contribution in [2.45, 2.75) is 32.1 Å². The van der Waals surface area contributed by atoms with Crippen molar-refractivity contribution in [3.05, 3.63) is 16.1 Å². The summed E-state index contributed by atoms with van der Waals surface area (Å²) in [7, 11) is 1.76. The minimum atomic E-state index is 0.321. The number of ether oxygens (including phenoxy) is 2. The molecule has 0 saturated carbocycles. The highest BCUT2D eigenvalue weighted by Crippen LogP contribution is 2.26. The first-order valence-corrected chi connectivity index (χ1v) is 6.49. The van der Waals surface area contributed by atoms with Gasteiger partial charge in [-0.3, -0.25) is 0 Å². The van der Waals surface area contributed by atoms with Gasteiger partial charge in [0.2, 0.25) is 0 Å². The zero-order valence-electron chi connectivity index (χ0n) is 9.73. The molecule has 1 saturated heterocycles. The average Bonchev–Trinajstić information content (AvgIpc) is 2.94. The first-order chi connectivity index (χ1) is 7.83. The number of methoxy groups -OCH3 is 1. The van der Waals surface area contributed by atoms with Crippen LogP contribution in [0.15, 0.2) is 5.38 Å². The summed E-state index contributed by atoms with van der Waals surface area (Å²) in [5.41, 5.74) is 1.12. The molecule has 16 heavy (non-hydrogen) atoms. The third kappa shape index (κ3) is 2.79. The Hall–Kier alpha value is -0.490. The summed E-state index contributed by atoms with van der Waals surface area (Å²) < 4.78 is 10.7. The molecule has 5 heteroatoms. The highest BCUT2D eigenvalue weighted by molar-refractivity contribution is 7.09. The van der Waals surface area contributed by atoms with E-state index >= 15 is 0 Å². The third-order valence-corrected chi connectivity index (χ3v) is 3.62. The van der Waals surface area contributed by atoms with E-state index in [0.717, 1.165) is 30.3 Å². The monoisotopic (exact) mass is 242 g/mol. The number of nitrogens with one attached hydrogen (secondary N) is 1. The SMILES string of the molecule is CCOCc1nc(C2CC(OC)CN2)cs1. The van der Waals surface area contributed by atoms with Crippen molar-refractivity contribution >= 4 is 11.3 Å². The smallest absolute Gasteiger partial charge is 0.119 e. The Labute approximate surface area is 100.0 Å². The normalized spacial score (nSPS) is 25.1. The van der Waals surface area contributed by atoms with Crippen LogP contribution < -0.4 is 5.32 Å². The summed E-state index contributed by atoms with van der Waals surface area (Å²) in [5, 5.41) is 6.59. The van der Waals surface area contributed by atoms with E-state index in [2.05, 4.69) is 15.7 Å². The molecule has 4 nitrogen and oxygen atoms in total. The number of thiazole rings is 1. The van der Waals surface area contributed by atoms with Crippen LogP contribution in [-0.4, -0.2) is 31.3 Å². The molecule has 0 bridgehead atoms. The fourth-order valence-electron chi connectivity index (χ4n) is 1.85. The van der Waals surface area contributed by atoms with Crippen molar-refractivity contribution in [3.63, 3.8) is 0 Å². The Morgan fingerprint density at radius 2 is 2.50 bits per heavy atom. The summed E-state index contributed by atoms with van der Waals surface area (Å²) in [4.78, 5) is 4.57. The molecule has 0 aromatic carbocycles. The van der Waals surface area contributed by atoms with Gasteiger partial charge in [0.05, 0.1) is 24.4 Å². The molecule has 1 aromatic rings. The summed E-state index contributed by atoms with van der Waals surface area (Å²) in [5.74, 6) is 0. The van der Waals surface area contributed by atoms with Crippen molar-refractivity contribution < 1.29 is 9.47 Å². The summed E-state index contributed by atoms with van der Waals surface area (Å²) >= 11 is 1.67. The zero-order chi connectivity index (χ0) is 11.4. The molecule has 1 fully saturated rings. The molecule has 1 N–H and O–H groups in total. The van der Waals surface area contributed by atoms with Gasteiger partial charge in [0.25, 0.3) is 0 Å². The number of hydrogen-bond donors (Lipinski definition) is 1. The molecule has 0 spiro atoms. The van der Waals surface area contributed by atoms with Crippen molar-refractivity contribution in [2.24, 2.45) is 0 Å². The first kappa shape index (κ1) is 12.0. The number of hydrogen-bond acceptors (Lipinski definition) is 5. The van der Waals surface area contributed by atoms with E-state index < -0.39 is 0 Å². The number of rotatable bonds is 5. The predicted molar refractivity (Wildman–Crippen MR) is 63.6 cm³/mol. The van der Waals surface area contributed by atoms with Crippen LogP contribution >= 0.6 is 11.3 Å². The predicted octanol–water partition coefficient (Wildman–Crippen LogP) is 1.73. The number of nitrogens with zero attached hydrogens (tertiary/aromatic N) is 1. The van der Waals surface area contributed by atoms with Gasteiger partial charge in [0.15, 0.2) is 0 Å². The van der Waals surface area contributed by atoms with Crippen LogP contribution in [0.5, 0.6) is 0 Å². The topological polar surface area (TPSA) is 43.4 Å². The first-order valence-electron chi connectivity index (χ1n) is 5.61. The second-order valence-electron chi connectivity index (χ2n) is 3.86. The van der Waals surface area contributed by atoms with Crippen LogP contribution in [-0.2, 0) is 16.1 Å². The fraction of sp³-hybridized carbons (Fsp3) is 0.727. The van der Waals surface area contributed by atoms with Crippen LogP contribution in [0, 0.1) is 0 Å². The molecule has 1 aromatic heterocycles. The molecule has 2 rings (SSSR count). The molecule has 2 atom stereocenters. The maximum atomic E-state index is 5.34. The summed E-state index contributed by atoms with van der Waals surface area (Å²) in [6.07, 6.45) is 1.33. The van der Waals surface area contributed by atoms with Gasteiger partial charge in [-0.25, -0.2) is 4.98 Å². The molecule has 2 unspecified atom stereocenters. The lowest BCUT2D eigenvalue weighted by molar-refractivity contribution is 0.117. The highest BCUT2D eigenvalue weighted by Gasteiger charge is 2.26. The highest BCUT2D eigenvalue weighted by atomic mass is 32.1. The molecule has 90 valence electrons. The molecule has 1 aliphatic heterocycles. The quantitative estimate of drug-likeness (QED) is 0.854. The van der Waals surface area contributed by atoms with Gasteiger partial charge in [-0.1, -0.05) is 0 Å². The minimum absolute atomic E-state index is 0.321. The third-order valence-electron chi connectivity index (χ3n) is 2.78. The Morgan fingerprint density at radius 3 is 3.19 bits per heavy atom. The van der Waals surface area contributed by atoms with Crippen molar-refractivity contribution in [1.29, 1.82) is 0 Å². The fourth-order valence-corrected chi connectivity index (χ4v) is 2.63. The van der Waals surface area contributed by atoms with Crippen LogP contribution in [0.25, 0.3) is 0 Å². The van der Waals surface area contributed by atoms with E-state index in [9.17, 15) is 0 Å². The standard InChI is InChI=1S/C11H18N2O2S/c1-3-15-6-11-13-10(7-16-11)9-4-8(14-2)5-12-9/h7-9,12H,3-6H2,1-2H3. The maximum Gasteiger partial charge on any atom is 0.119 e. The van der Waals surface area contributed by atoms with Crippen LogP contribution in [0.2, 0.25) is 0 Å². The largest absolute Gasteiger partial charge is 0.380 e. The molecular formula is C11H18N2O2S. The zero-order valence-corrected chi connectivity index (χ0v) is 10.5. The van der Waals surface area contributed by atoms with E-state index in [1.165, 1.54) is 0 Å². The van der Waals surface area contributed by atoms with Gasteiger partial charge >= 0.3 is 0 Å². The molecule has 2 heterocycles. The molecular weight excluding hydrogens is 224 g/mol. The van der Waals surface area contributed by atoms with E-state index in [4.69, 9.17) is 9.47 Å². The van der Waals surface area contributed by atoms with Crippen LogP contribution in [0.1, 0.15) is 30.1 Å². The van der Waals surface area contributed by atoms with Crippen molar-refractivity contribution in [3.8, 4) is 0 Å². The van der Waals surface area contributed by atoms with Crippen LogP contribution in [0.3, 0.4) is 0 Å². The van der Waals surface area contributed by atoms with Gasteiger partial charge in [-0.15, -0.1) is 11.3 Å². The van der Waals surface area contributed by atoms with Crippen LogP contribution in [0.4, 0.5) is 0 Å². The lowest BCUT2D eigenvalue weighted by Crippen LogP contribution is -2.16. The second kappa shape index (κ2) is 5.72. The van der Waals surface area contributed by atoms with Gasteiger partial charge in [-0.05, 0) is 13.3 Å². The molecule has 0 amide bonds. The maximum absolute atomic E-state index is 5.34. The Balaban J connectivity index is 1.92. The molecule has 0 radical (unpaired) electrons. The Morgan fingerprint density at radius 1 is 1.62 bits per heavy atom. The van der Waals surface area contributed by atoms with Crippen molar-refractivity contribution in [2.75, 3.05) is 20.3 Å². The Bertz CT molecular complexity index is 330. The second-order valence-corrected chi connectivity index (χ2v) is 4.80. The van der Waals surface area contributed by atoms with E-state index in [1.807, 2.05) is 6.92 Å². The van der Waals surface area contributed by atoms with Gasteiger partial charge < -0.3 is 14.8 Å². The van der Waals surface area contributed by atoms with Gasteiger partial charge in [0.1, 0.15) is 5.01 Å². The van der Waals surface area contributed by atoms with Gasteiger partial charge in [-0.2, -0.15) is 0 Å². The lowest BCUT2D eigenvalue weighted by atomic mass is 10.1. The van der Waals surface area contributed by atoms with Crippen molar-refractivity contribution in [1.82, 2.24) is 10.3 Å². The summed E-state index contributed by atoms with van der Waals surface area (Å²) in [6, 6.07) is 0.344. The minimum Gasteiger partial charge on any atom is -0.380 e. The number of aromatic nitrogens is 1. The summed E-state index contributed by atoms with van der Waals surface area (Å²) in [6.45, 7) is 4.28.